The highest BCUT2D eigenvalue weighted by Crippen LogP contribution is 2.31. The Morgan fingerprint density at radius 3 is 2.02 bits per heavy atom. The first kappa shape index (κ1) is 46.0. The van der Waals surface area contributed by atoms with Gasteiger partial charge in [0, 0.05) is 58.5 Å². The van der Waals surface area contributed by atoms with Crippen molar-refractivity contribution in [2.75, 3.05) is 41.9 Å². The molecule has 3 amide bonds. The zero-order valence-electron chi connectivity index (χ0n) is 34.2. The second-order valence-electron chi connectivity index (χ2n) is 15.8. The Hall–Kier alpha value is -3.19. The van der Waals surface area contributed by atoms with E-state index in [1.54, 1.807) is 44.9 Å². The number of ketones is 2. The molecule has 0 saturated carbocycles. The fourth-order valence-corrected chi connectivity index (χ4v) is 8.29. The molecule has 12 nitrogen and oxygen atoms in total. The number of Topliss-reactive ketones (excluding diaryl/α,β-unsaturated/α-hetero) is 2. The Morgan fingerprint density at radius 2 is 1.53 bits per heavy atom. The molecule has 1 aliphatic heterocycles. The number of hydrogen-bond acceptors (Lipinski definition) is 9. The lowest BCUT2D eigenvalue weighted by Crippen LogP contribution is -2.55. The van der Waals surface area contributed by atoms with Gasteiger partial charge in [0.1, 0.15) is 5.78 Å². The fourth-order valence-electron chi connectivity index (χ4n) is 8.29. The van der Waals surface area contributed by atoms with Crippen LogP contribution < -0.4 is 11.5 Å². The average molecular weight is 744 g/mol. The highest BCUT2D eigenvalue weighted by atomic mass is 16.5. The Kier molecular flexibility index (Phi) is 18.8. The third-order valence-corrected chi connectivity index (χ3v) is 11.4. The number of benzene rings is 1. The van der Waals surface area contributed by atoms with Gasteiger partial charge in [0.2, 0.25) is 17.7 Å². The van der Waals surface area contributed by atoms with Crippen LogP contribution in [-0.2, 0) is 39.9 Å². The van der Waals surface area contributed by atoms with Crippen LogP contribution in [0.4, 0.5) is 0 Å². The molecule has 0 aromatic heterocycles. The molecule has 4 N–H and O–H groups in total. The van der Waals surface area contributed by atoms with Gasteiger partial charge in [-0.25, -0.2) is 0 Å². The predicted molar refractivity (Wildman–Crippen MR) is 208 cm³/mol. The van der Waals surface area contributed by atoms with Crippen molar-refractivity contribution in [3.8, 4) is 0 Å². The lowest BCUT2D eigenvalue weighted by Gasteiger charge is -2.41. The zero-order valence-corrected chi connectivity index (χ0v) is 34.2. The van der Waals surface area contributed by atoms with E-state index in [1.165, 1.54) is 0 Å². The van der Waals surface area contributed by atoms with E-state index >= 15 is 0 Å². The fraction of sp³-hybridized carbons (Fsp3) is 0.732. The van der Waals surface area contributed by atoms with Crippen LogP contribution in [0.15, 0.2) is 30.3 Å². The summed E-state index contributed by atoms with van der Waals surface area (Å²) < 4.78 is 11.9. The SMILES string of the molecule is CC[C@H](C)[C@@H]([C@@H](CC(=O)N1CCC[C@H]1[C@H](OC)[C@@H](C)C(=O)C[C@@H](Cc1ccccc1)C(N)=O)OC)N(C)C(=O)[C@@H](CC(=O)[C@H](C(C)C)N(C)C)[C@H](C)N. The van der Waals surface area contributed by atoms with E-state index in [0.29, 0.717) is 19.4 Å². The molecule has 1 aliphatic rings. The summed E-state index contributed by atoms with van der Waals surface area (Å²) in [5, 5.41) is 0. The van der Waals surface area contributed by atoms with E-state index in [2.05, 4.69) is 0 Å². The van der Waals surface area contributed by atoms with E-state index in [4.69, 9.17) is 20.9 Å². The van der Waals surface area contributed by atoms with Crippen LogP contribution in [0.1, 0.15) is 85.6 Å². The Bertz CT molecular complexity index is 1330. The van der Waals surface area contributed by atoms with Crippen molar-refractivity contribution in [2.45, 2.75) is 123 Å². The maximum absolute atomic E-state index is 14.2. The van der Waals surface area contributed by atoms with Crippen LogP contribution in [0.25, 0.3) is 0 Å². The maximum Gasteiger partial charge on any atom is 0.227 e. The van der Waals surface area contributed by atoms with E-state index in [9.17, 15) is 24.0 Å². The first-order chi connectivity index (χ1) is 24.9. The molecule has 0 spiro atoms. The van der Waals surface area contributed by atoms with Gasteiger partial charge in [-0.1, -0.05) is 71.4 Å². The standard InChI is InChI=1S/C41H69N5O7/c1-12-26(4)38(45(9)41(51)31(28(6)42)23-34(48)37(25(2)3)44(7)8)35(52-10)24-36(49)46-20-16-19-32(46)39(53-11)27(5)33(47)22-30(40(43)50)21-29-17-14-13-15-18-29/h13-15,17-18,25-28,30-32,35,37-39H,12,16,19-24,42H2,1-11H3,(H2,43,50)/t26-,27-,28-,30+,31-,32-,35+,37-,38-,39+/m0/s1. The number of primary amides is 1. The van der Waals surface area contributed by atoms with E-state index in [1.807, 2.05) is 77.0 Å². The van der Waals surface area contributed by atoms with E-state index < -0.39 is 48.0 Å². The van der Waals surface area contributed by atoms with Gasteiger partial charge in [-0.05, 0) is 57.7 Å². The summed E-state index contributed by atoms with van der Waals surface area (Å²) in [5.74, 6) is -3.06. The summed E-state index contributed by atoms with van der Waals surface area (Å²) in [6.45, 7) is 12.1. The molecule has 10 atom stereocenters. The monoisotopic (exact) mass is 744 g/mol. The molecule has 0 aliphatic carbocycles. The minimum absolute atomic E-state index is 0.0110. The average Bonchev–Trinajstić information content (AvgIpc) is 3.59. The Balaban J connectivity index is 2.27. The van der Waals surface area contributed by atoms with Crippen LogP contribution in [0.3, 0.4) is 0 Å². The molecule has 1 fully saturated rings. The molecule has 1 heterocycles. The first-order valence-electron chi connectivity index (χ1n) is 19.3. The van der Waals surface area contributed by atoms with Gasteiger partial charge < -0.3 is 30.7 Å². The van der Waals surface area contributed by atoms with Gasteiger partial charge in [0.15, 0.2) is 5.78 Å². The van der Waals surface area contributed by atoms with E-state index in [0.717, 1.165) is 18.4 Å². The minimum Gasteiger partial charge on any atom is -0.379 e. The number of nitrogens with two attached hydrogens (primary N) is 2. The van der Waals surface area contributed by atoms with Crippen LogP contribution in [0, 0.1) is 29.6 Å². The quantitative estimate of drug-likeness (QED) is 0.170. The molecule has 1 saturated heterocycles. The summed E-state index contributed by atoms with van der Waals surface area (Å²) in [6.07, 6.45) is 1.27. The molecule has 0 bridgehead atoms. The van der Waals surface area contributed by atoms with Crippen molar-refractivity contribution in [1.82, 2.24) is 14.7 Å². The zero-order chi connectivity index (χ0) is 40.2. The minimum atomic E-state index is -0.736. The summed E-state index contributed by atoms with van der Waals surface area (Å²) in [6, 6.07) is 7.73. The number of likely N-dealkylation sites (N-methyl/N-ethyl adjacent to an activating group) is 2. The largest absolute Gasteiger partial charge is 0.379 e. The van der Waals surface area contributed by atoms with Crippen molar-refractivity contribution < 1.29 is 33.4 Å². The van der Waals surface area contributed by atoms with Gasteiger partial charge in [0.25, 0.3) is 0 Å². The lowest BCUT2D eigenvalue weighted by molar-refractivity contribution is -0.148. The molecule has 300 valence electrons. The Labute approximate surface area is 318 Å². The molecular weight excluding hydrogens is 674 g/mol. The molecule has 0 unspecified atom stereocenters. The number of nitrogens with zero attached hydrogens (tertiary/aromatic N) is 3. The molecule has 0 radical (unpaired) electrons. The van der Waals surface area contributed by atoms with Crippen LogP contribution in [0.5, 0.6) is 0 Å². The Morgan fingerprint density at radius 1 is 0.906 bits per heavy atom. The smallest absolute Gasteiger partial charge is 0.227 e. The topological polar surface area (TPSA) is 166 Å². The van der Waals surface area contributed by atoms with Crippen LogP contribution >= 0.6 is 0 Å². The molecule has 1 aromatic carbocycles. The lowest BCUT2D eigenvalue weighted by atomic mass is 9.85. The summed E-state index contributed by atoms with van der Waals surface area (Å²) in [4.78, 5) is 73.2. The number of ether oxygens (including phenoxy) is 2. The van der Waals surface area contributed by atoms with E-state index in [-0.39, 0.29) is 66.6 Å². The molecule has 53 heavy (non-hydrogen) atoms. The van der Waals surface area contributed by atoms with Crippen molar-refractivity contribution >= 4 is 29.3 Å². The maximum atomic E-state index is 14.2. The number of carbonyl (C=O) groups is 5. The molecule has 12 heteroatoms. The van der Waals surface area contributed by atoms with Crippen LogP contribution in [0.2, 0.25) is 0 Å². The highest BCUT2D eigenvalue weighted by Gasteiger charge is 2.43. The van der Waals surface area contributed by atoms with Crippen LogP contribution in [-0.4, -0.2) is 122 Å². The predicted octanol–water partition coefficient (Wildman–Crippen LogP) is 3.72. The number of amides is 3. The normalized spacial score (nSPS) is 19.9. The van der Waals surface area contributed by atoms with Crippen molar-refractivity contribution in [3.63, 3.8) is 0 Å². The molecule has 2 rings (SSSR count). The van der Waals surface area contributed by atoms with Gasteiger partial charge >= 0.3 is 0 Å². The number of carbonyl (C=O) groups excluding carboxylic acids is 5. The number of methoxy groups -OCH3 is 2. The second-order valence-corrected chi connectivity index (χ2v) is 15.8. The number of hydrogen-bond donors (Lipinski definition) is 2. The molecule has 1 aromatic rings. The first-order valence-corrected chi connectivity index (χ1v) is 19.3. The second kappa shape index (κ2) is 21.6. The van der Waals surface area contributed by atoms with Gasteiger partial charge in [-0.15, -0.1) is 0 Å². The highest BCUT2D eigenvalue weighted by molar-refractivity contribution is 5.90. The third kappa shape index (κ3) is 12.4. The summed E-state index contributed by atoms with van der Waals surface area (Å²) in [7, 11) is 8.53. The van der Waals surface area contributed by atoms with Crippen molar-refractivity contribution in [2.24, 2.45) is 41.1 Å². The van der Waals surface area contributed by atoms with Crippen molar-refractivity contribution in [1.29, 1.82) is 0 Å². The number of likely N-dealkylation sites (tertiary alicyclic amines) is 1. The summed E-state index contributed by atoms with van der Waals surface area (Å²) in [5.41, 5.74) is 13.0. The number of rotatable bonds is 23. The van der Waals surface area contributed by atoms with Crippen molar-refractivity contribution in [3.05, 3.63) is 35.9 Å². The molecular formula is C41H69N5O7. The third-order valence-electron chi connectivity index (χ3n) is 11.4. The van der Waals surface area contributed by atoms with Gasteiger partial charge in [-0.3, -0.25) is 28.9 Å². The van der Waals surface area contributed by atoms with Gasteiger partial charge in [0.05, 0.1) is 42.7 Å². The van der Waals surface area contributed by atoms with Gasteiger partial charge in [-0.2, -0.15) is 0 Å². The summed E-state index contributed by atoms with van der Waals surface area (Å²) >= 11 is 0.